The Morgan fingerprint density at radius 1 is 1.13 bits per heavy atom. The third kappa shape index (κ3) is 4.76. The fourth-order valence-corrected chi connectivity index (χ4v) is 3.74. The minimum absolute atomic E-state index is 0.151. The van der Waals surface area contributed by atoms with Crippen molar-refractivity contribution in [2.24, 2.45) is 5.92 Å². The number of hydrogen-bond acceptors (Lipinski definition) is 4. The Kier molecular flexibility index (Phi) is 6.73. The van der Waals surface area contributed by atoms with E-state index in [-0.39, 0.29) is 11.8 Å². The molecular weight excluding hydrogens is 392 g/mol. The van der Waals surface area contributed by atoms with Gasteiger partial charge in [-0.2, -0.15) is 0 Å². The van der Waals surface area contributed by atoms with E-state index < -0.39 is 12.0 Å². The van der Waals surface area contributed by atoms with Crippen molar-refractivity contribution in [3.8, 4) is 0 Å². The second-order valence-electron chi connectivity index (χ2n) is 8.09. The van der Waals surface area contributed by atoms with E-state index in [0.717, 1.165) is 40.2 Å². The van der Waals surface area contributed by atoms with Crippen LogP contribution in [0.2, 0.25) is 0 Å². The summed E-state index contributed by atoms with van der Waals surface area (Å²) in [6, 6.07) is 8.38. The van der Waals surface area contributed by atoms with Crippen molar-refractivity contribution >= 4 is 23.0 Å². The van der Waals surface area contributed by atoms with Crippen LogP contribution in [0.4, 0.5) is 0 Å². The summed E-state index contributed by atoms with van der Waals surface area (Å²) < 4.78 is 2.12. The summed E-state index contributed by atoms with van der Waals surface area (Å²) in [6.07, 6.45) is 1.46. The lowest BCUT2D eigenvalue weighted by Gasteiger charge is -2.20. The van der Waals surface area contributed by atoms with Crippen molar-refractivity contribution < 1.29 is 14.7 Å². The van der Waals surface area contributed by atoms with Crippen LogP contribution in [0.15, 0.2) is 30.3 Å². The van der Waals surface area contributed by atoms with Gasteiger partial charge in [0.2, 0.25) is 0 Å². The standard InChI is InChI=1S/C24H30N4O3/c1-6-14(3)21(24(30)31)27-23(29)18-10-8-17(9-11-18)13-28-19(7-2)26-20-15(4)12-16(5)25-22(20)28/h8-12,14,21H,6-7,13H2,1-5H3,(H,27,29)(H,30,31)/t14-,21-/m0/s1. The second-order valence-corrected chi connectivity index (χ2v) is 8.09. The molecule has 164 valence electrons. The van der Waals surface area contributed by atoms with Crippen LogP contribution in [0, 0.1) is 19.8 Å². The zero-order valence-corrected chi connectivity index (χ0v) is 18.8. The third-order valence-corrected chi connectivity index (χ3v) is 5.74. The number of carbonyl (C=O) groups is 2. The number of rotatable bonds is 8. The molecule has 2 atom stereocenters. The minimum Gasteiger partial charge on any atom is -0.480 e. The number of nitrogens with one attached hydrogen (secondary N) is 1. The van der Waals surface area contributed by atoms with Gasteiger partial charge in [0.1, 0.15) is 17.4 Å². The maximum Gasteiger partial charge on any atom is 0.326 e. The highest BCUT2D eigenvalue weighted by molar-refractivity contribution is 5.96. The summed E-state index contributed by atoms with van der Waals surface area (Å²) in [7, 11) is 0. The number of imidazole rings is 1. The first kappa shape index (κ1) is 22.5. The molecule has 3 aromatic rings. The molecule has 1 aromatic carbocycles. The predicted molar refractivity (Wildman–Crippen MR) is 120 cm³/mol. The van der Waals surface area contributed by atoms with E-state index in [0.29, 0.717) is 18.5 Å². The predicted octanol–water partition coefficient (Wildman–Crippen LogP) is 3.89. The molecule has 2 N–H and O–H groups in total. The molecule has 0 saturated carbocycles. The number of aryl methyl sites for hydroxylation is 3. The number of benzene rings is 1. The molecule has 0 saturated heterocycles. The number of fused-ring (bicyclic) bond motifs is 1. The number of carbonyl (C=O) groups excluding carboxylic acids is 1. The Morgan fingerprint density at radius 2 is 1.81 bits per heavy atom. The van der Waals surface area contributed by atoms with Gasteiger partial charge in [-0.05, 0) is 49.1 Å². The molecule has 0 aliphatic rings. The average molecular weight is 423 g/mol. The van der Waals surface area contributed by atoms with Gasteiger partial charge in [0.25, 0.3) is 5.91 Å². The van der Waals surface area contributed by atoms with E-state index >= 15 is 0 Å². The van der Waals surface area contributed by atoms with Crippen molar-refractivity contribution in [3.05, 3.63) is 58.5 Å². The molecule has 0 bridgehead atoms. The van der Waals surface area contributed by atoms with Gasteiger partial charge in [-0.25, -0.2) is 14.8 Å². The topological polar surface area (TPSA) is 97.1 Å². The third-order valence-electron chi connectivity index (χ3n) is 5.74. The lowest BCUT2D eigenvalue weighted by atomic mass is 9.99. The molecule has 0 aliphatic carbocycles. The normalized spacial score (nSPS) is 13.2. The summed E-state index contributed by atoms with van der Waals surface area (Å²) in [6.45, 7) is 10.4. The highest BCUT2D eigenvalue weighted by Gasteiger charge is 2.25. The van der Waals surface area contributed by atoms with Crippen molar-refractivity contribution in [2.45, 2.75) is 60.0 Å². The van der Waals surface area contributed by atoms with Crippen molar-refractivity contribution in [3.63, 3.8) is 0 Å². The largest absolute Gasteiger partial charge is 0.480 e. The van der Waals surface area contributed by atoms with E-state index in [1.54, 1.807) is 12.1 Å². The smallest absolute Gasteiger partial charge is 0.326 e. The van der Waals surface area contributed by atoms with Crippen molar-refractivity contribution in [2.75, 3.05) is 0 Å². The van der Waals surface area contributed by atoms with Crippen LogP contribution in [-0.4, -0.2) is 37.6 Å². The van der Waals surface area contributed by atoms with E-state index in [4.69, 9.17) is 9.97 Å². The van der Waals surface area contributed by atoms with E-state index in [1.165, 1.54) is 0 Å². The first-order valence-electron chi connectivity index (χ1n) is 10.7. The summed E-state index contributed by atoms with van der Waals surface area (Å²) in [5, 5.41) is 12.0. The molecule has 0 fully saturated rings. The van der Waals surface area contributed by atoms with Crippen LogP contribution in [0.3, 0.4) is 0 Å². The van der Waals surface area contributed by atoms with Crippen LogP contribution >= 0.6 is 0 Å². The number of nitrogens with zero attached hydrogens (tertiary/aromatic N) is 3. The van der Waals surface area contributed by atoms with Crippen LogP contribution in [0.25, 0.3) is 11.2 Å². The van der Waals surface area contributed by atoms with Gasteiger partial charge in [-0.3, -0.25) is 4.79 Å². The van der Waals surface area contributed by atoms with Gasteiger partial charge in [0, 0.05) is 17.7 Å². The van der Waals surface area contributed by atoms with E-state index in [2.05, 4.69) is 16.8 Å². The fraction of sp³-hybridized carbons (Fsp3) is 0.417. The highest BCUT2D eigenvalue weighted by atomic mass is 16.4. The molecular formula is C24H30N4O3. The first-order chi connectivity index (χ1) is 14.7. The van der Waals surface area contributed by atoms with Gasteiger partial charge in [-0.1, -0.05) is 39.3 Å². The molecule has 2 aromatic heterocycles. The zero-order valence-electron chi connectivity index (χ0n) is 18.8. The minimum atomic E-state index is -1.02. The van der Waals surface area contributed by atoms with Crippen molar-refractivity contribution in [1.82, 2.24) is 19.9 Å². The lowest BCUT2D eigenvalue weighted by Crippen LogP contribution is -2.45. The van der Waals surface area contributed by atoms with Gasteiger partial charge < -0.3 is 15.0 Å². The number of amides is 1. The van der Waals surface area contributed by atoms with Gasteiger partial charge in [0.05, 0.1) is 6.54 Å². The maximum absolute atomic E-state index is 12.6. The summed E-state index contributed by atoms with van der Waals surface area (Å²) in [5.41, 5.74) is 5.31. The van der Waals surface area contributed by atoms with Crippen LogP contribution in [-0.2, 0) is 17.8 Å². The lowest BCUT2D eigenvalue weighted by molar-refractivity contribution is -0.140. The fourth-order valence-electron chi connectivity index (χ4n) is 3.74. The Labute approximate surface area is 182 Å². The molecule has 7 heteroatoms. The molecule has 3 rings (SSSR count). The number of aliphatic carboxylic acids is 1. The molecule has 0 aliphatic heterocycles. The Bertz CT molecular complexity index is 1100. The number of pyridine rings is 1. The Balaban J connectivity index is 1.83. The Morgan fingerprint density at radius 3 is 2.39 bits per heavy atom. The SMILES string of the molecule is CCc1nc2c(C)cc(C)nc2n1Cc1ccc(C(=O)N[C@H](C(=O)O)[C@@H](C)CC)cc1. The highest BCUT2D eigenvalue weighted by Crippen LogP contribution is 2.21. The molecule has 31 heavy (non-hydrogen) atoms. The maximum atomic E-state index is 12.6. The van der Waals surface area contributed by atoms with Crippen molar-refractivity contribution in [1.29, 1.82) is 0 Å². The van der Waals surface area contributed by atoms with Crippen LogP contribution < -0.4 is 5.32 Å². The molecule has 1 amide bonds. The molecule has 0 unspecified atom stereocenters. The summed E-state index contributed by atoms with van der Waals surface area (Å²) in [5.74, 6) is -0.580. The summed E-state index contributed by atoms with van der Waals surface area (Å²) in [4.78, 5) is 33.5. The number of carboxylic acid groups (broad SMARTS) is 1. The monoisotopic (exact) mass is 422 g/mol. The zero-order chi connectivity index (χ0) is 22.7. The van der Waals surface area contributed by atoms with Gasteiger partial charge in [-0.15, -0.1) is 0 Å². The van der Waals surface area contributed by atoms with E-state index in [1.807, 2.05) is 45.9 Å². The molecule has 0 radical (unpaired) electrons. The summed E-state index contributed by atoms with van der Waals surface area (Å²) >= 11 is 0. The quantitative estimate of drug-likeness (QED) is 0.574. The van der Waals surface area contributed by atoms with Gasteiger partial charge in [0.15, 0.2) is 5.65 Å². The van der Waals surface area contributed by atoms with Gasteiger partial charge >= 0.3 is 5.97 Å². The Hall–Kier alpha value is -3.22. The molecule has 2 heterocycles. The average Bonchev–Trinajstić information content (AvgIpc) is 3.09. The van der Waals surface area contributed by atoms with E-state index in [9.17, 15) is 14.7 Å². The number of hydrogen-bond donors (Lipinski definition) is 2. The second kappa shape index (κ2) is 9.29. The molecule has 0 spiro atoms. The van der Waals surface area contributed by atoms with Crippen LogP contribution in [0.5, 0.6) is 0 Å². The van der Waals surface area contributed by atoms with Crippen LogP contribution in [0.1, 0.15) is 60.2 Å². The number of aromatic nitrogens is 3. The number of carboxylic acids is 1. The first-order valence-corrected chi connectivity index (χ1v) is 10.7. The molecule has 7 nitrogen and oxygen atoms in total.